The van der Waals surface area contributed by atoms with Crippen molar-refractivity contribution < 1.29 is 22.3 Å². The molecule has 1 nitrogen and oxygen atoms in total. The van der Waals surface area contributed by atoms with Crippen LogP contribution in [0.1, 0.15) is 56.9 Å². The third kappa shape index (κ3) is 4.56. The molecule has 0 saturated heterocycles. The maximum absolute atomic E-state index is 14.0. The predicted octanol–water partition coefficient (Wildman–Crippen LogP) is 6.60. The molecule has 0 N–H and O–H groups in total. The molecule has 0 radical (unpaired) electrons. The molecule has 2 aliphatic rings. The largest absolute Gasteiger partial charge is 0.573 e. The minimum atomic E-state index is -4.87. The zero-order chi connectivity index (χ0) is 18.0. The Morgan fingerprint density at radius 3 is 2.44 bits per heavy atom. The van der Waals surface area contributed by atoms with Crippen LogP contribution in [-0.2, 0) is 0 Å². The van der Waals surface area contributed by atoms with E-state index in [9.17, 15) is 17.6 Å². The number of halogens is 4. The maximum Gasteiger partial charge on any atom is 0.573 e. The van der Waals surface area contributed by atoms with Gasteiger partial charge in [0.2, 0.25) is 0 Å². The molecule has 0 aromatic heterocycles. The number of benzene rings is 1. The van der Waals surface area contributed by atoms with E-state index < -0.39 is 17.9 Å². The summed E-state index contributed by atoms with van der Waals surface area (Å²) in [5.41, 5.74) is 0.793. The van der Waals surface area contributed by atoms with Crippen molar-refractivity contribution >= 4 is 0 Å². The summed E-state index contributed by atoms with van der Waals surface area (Å²) < 4.78 is 54.5. The highest BCUT2D eigenvalue weighted by atomic mass is 19.4. The van der Waals surface area contributed by atoms with Crippen molar-refractivity contribution in [2.24, 2.45) is 17.8 Å². The molecule has 138 valence electrons. The molecule has 0 heterocycles. The highest BCUT2D eigenvalue weighted by Crippen LogP contribution is 2.48. The van der Waals surface area contributed by atoms with Crippen molar-refractivity contribution in [3.05, 3.63) is 41.7 Å². The Morgan fingerprint density at radius 1 is 1.04 bits per heavy atom. The van der Waals surface area contributed by atoms with Gasteiger partial charge in [-0.1, -0.05) is 18.2 Å². The van der Waals surface area contributed by atoms with E-state index in [0.717, 1.165) is 36.8 Å². The molecule has 1 aromatic rings. The third-order valence-corrected chi connectivity index (χ3v) is 5.77. The molecule has 1 unspecified atom stereocenters. The van der Waals surface area contributed by atoms with Crippen LogP contribution in [0.3, 0.4) is 0 Å². The van der Waals surface area contributed by atoms with E-state index in [0.29, 0.717) is 11.8 Å². The Kier molecular flexibility index (Phi) is 5.40. The van der Waals surface area contributed by atoms with Gasteiger partial charge >= 0.3 is 6.36 Å². The van der Waals surface area contributed by atoms with Crippen LogP contribution in [0, 0.1) is 23.6 Å². The number of hydrogen-bond acceptors (Lipinski definition) is 1. The highest BCUT2D eigenvalue weighted by molar-refractivity contribution is 5.32. The molecule has 0 aliphatic heterocycles. The molecule has 2 fully saturated rings. The normalized spacial score (nSPS) is 30.3. The van der Waals surface area contributed by atoms with Gasteiger partial charge in [0.25, 0.3) is 0 Å². The summed E-state index contributed by atoms with van der Waals surface area (Å²) in [7, 11) is 0. The Labute approximate surface area is 146 Å². The van der Waals surface area contributed by atoms with E-state index in [-0.39, 0.29) is 5.92 Å². The van der Waals surface area contributed by atoms with Crippen molar-refractivity contribution in [1.29, 1.82) is 0 Å². The van der Waals surface area contributed by atoms with Crippen molar-refractivity contribution in [3.8, 4) is 5.75 Å². The summed E-state index contributed by atoms with van der Waals surface area (Å²) in [6.07, 6.45) is 6.28. The van der Waals surface area contributed by atoms with Crippen LogP contribution in [0.15, 0.2) is 30.4 Å². The lowest BCUT2D eigenvalue weighted by molar-refractivity contribution is -0.275. The van der Waals surface area contributed by atoms with Gasteiger partial charge in [-0.15, -0.1) is 13.2 Å². The number of alkyl halides is 3. The van der Waals surface area contributed by atoms with Crippen LogP contribution >= 0.6 is 0 Å². The third-order valence-electron chi connectivity index (χ3n) is 5.77. The van der Waals surface area contributed by atoms with Crippen molar-refractivity contribution in [2.45, 2.75) is 57.7 Å². The fraction of sp³-hybridized carbons (Fsp3) is 0.600. The SMILES string of the molecule is CC=C[C@@H]1CC[C@@H]2CC(c3ccc(OC(F)(F)F)c(F)c3)CC[C@@H]2C1. The van der Waals surface area contributed by atoms with Crippen LogP contribution in [0.2, 0.25) is 0 Å². The monoisotopic (exact) mass is 356 g/mol. The van der Waals surface area contributed by atoms with Crippen LogP contribution in [0.5, 0.6) is 5.75 Å². The minimum absolute atomic E-state index is 0.231. The summed E-state index contributed by atoms with van der Waals surface area (Å²) >= 11 is 0. The summed E-state index contributed by atoms with van der Waals surface area (Å²) in [5.74, 6) is 0.594. The zero-order valence-electron chi connectivity index (χ0n) is 14.4. The first-order valence-electron chi connectivity index (χ1n) is 9.03. The topological polar surface area (TPSA) is 9.23 Å². The average Bonchev–Trinajstić information content (AvgIpc) is 2.55. The minimum Gasteiger partial charge on any atom is -0.403 e. The molecule has 25 heavy (non-hydrogen) atoms. The predicted molar refractivity (Wildman–Crippen MR) is 88.8 cm³/mol. The molecule has 1 aromatic carbocycles. The summed E-state index contributed by atoms with van der Waals surface area (Å²) in [5, 5.41) is 0. The Hall–Kier alpha value is -1.52. The molecule has 0 amide bonds. The number of ether oxygens (including phenoxy) is 1. The Bertz CT molecular complexity index is 623. The van der Waals surface area contributed by atoms with Gasteiger partial charge in [0.05, 0.1) is 0 Å². The first kappa shape index (κ1) is 18.3. The molecular formula is C20H24F4O. The van der Waals surface area contributed by atoms with E-state index in [2.05, 4.69) is 23.8 Å². The van der Waals surface area contributed by atoms with Crippen molar-refractivity contribution in [1.82, 2.24) is 0 Å². The van der Waals surface area contributed by atoms with Gasteiger partial charge in [0, 0.05) is 0 Å². The van der Waals surface area contributed by atoms with Crippen molar-refractivity contribution in [2.75, 3.05) is 0 Å². The lowest BCUT2D eigenvalue weighted by Crippen LogP contribution is -2.30. The molecule has 4 atom stereocenters. The summed E-state index contributed by atoms with van der Waals surface area (Å²) in [6, 6.07) is 3.91. The standard InChI is InChI=1S/C20H24F4O/c1-2-3-13-4-5-15-11-16(7-6-14(15)10-13)17-8-9-19(18(21)12-17)25-20(22,23)24/h2-3,8-9,12-16H,4-7,10-11H2,1H3/t13-,14-,15-,16?/m1/s1. The summed E-state index contributed by atoms with van der Waals surface area (Å²) in [6.45, 7) is 2.06. The molecule has 3 rings (SSSR count). The van der Waals surface area contributed by atoms with E-state index >= 15 is 0 Å². The average molecular weight is 356 g/mol. The quantitative estimate of drug-likeness (QED) is 0.438. The lowest BCUT2D eigenvalue weighted by atomic mass is 9.64. The molecule has 0 bridgehead atoms. The van der Waals surface area contributed by atoms with Gasteiger partial charge < -0.3 is 4.74 Å². The van der Waals surface area contributed by atoms with E-state index in [4.69, 9.17) is 0 Å². The number of fused-ring (bicyclic) bond motifs is 1. The Morgan fingerprint density at radius 2 is 1.76 bits per heavy atom. The van der Waals surface area contributed by atoms with E-state index in [1.807, 2.05) is 0 Å². The maximum atomic E-state index is 14.0. The van der Waals surface area contributed by atoms with Gasteiger partial charge in [0.15, 0.2) is 11.6 Å². The van der Waals surface area contributed by atoms with Crippen molar-refractivity contribution in [3.63, 3.8) is 0 Å². The lowest BCUT2D eigenvalue weighted by Gasteiger charge is -2.41. The van der Waals surface area contributed by atoms with Gasteiger partial charge in [-0.25, -0.2) is 4.39 Å². The van der Waals surface area contributed by atoms with Gasteiger partial charge in [-0.05, 0) is 86.8 Å². The molecule has 2 saturated carbocycles. The van der Waals surface area contributed by atoms with Gasteiger partial charge in [0.1, 0.15) is 0 Å². The first-order valence-corrected chi connectivity index (χ1v) is 9.03. The fourth-order valence-electron chi connectivity index (χ4n) is 4.65. The molecule has 5 heteroatoms. The highest BCUT2D eigenvalue weighted by Gasteiger charge is 2.36. The van der Waals surface area contributed by atoms with Crippen LogP contribution in [0.25, 0.3) is 0 Å². The Balaban J connectivity index is 1.65. The number of hydrogen-bond donors (Lipinski definition) is 0. The van der Waals surface area contributed by atoms with Crippen LogP contribution in [-0.4, -0.2) is 6.36 Å². The van der Waals surface area contributed by atoms with E-state index in [1.54, 1.807) is 6.07 Å². The number of rotatable bonds is 3. The zero-order valence-corrected chi connectivity index (χ0v) is 14.4. The van der Waals surface area contributed by atoms with Gasteiger partial charge in [-0.3, -0.25) is 0 Å². The number of allylic oxidation sites excluding steroid dienone is 2. The molecule has 0 spiro atoms. The fourth-order valence-corrected chi connectivity index (χ4v) is 4.65. The molecule has 2 aliphatic carbocycles. The molecular weight excluding hydrogens is 332 g/mol. The smallest absolute Gasteiger partial charge is 0.403 e. The second-order valence-electron chi connectivity index (χ2n) is 7.37. The van der Waals surface area contributed by atoms with E-state index in [1.165, 1.54) is 25.3 Å². The second-order valence-corrected chi connectivity index (χ2v) is 7.37. The first-order chi connectivity index (χ1) is 11.9. The van der Waals surface area contributed by atoms with Crippen LogP contribution in [0.4, 0.5) is 17.6 Å². The van der Waals surface area contributed by atoms with Crippen LogP contribution < -0.4 is 4.74 Å². The second kappa shape index (κ2) is 7.38. The van der Waals surface area contributed by atoms with Gasteiger partial charge in [-0.2, -0.15) is 0 Å². The summed E-state index contributed by atoms with van der Waals surface area (Å²) in [4.78, 5) is 0.